The summed E-state index contributed by atoms with van der Waals surface area (Å²) < 4.78 is 29.3. The summed E-state index contributed by atoms with van der Waals surface area (Å²) in [6.45, 7) is 3.33. The molecule has 4 aliphatic heterocycles. The van der Waals surface area contributed by atoms with Crippen LogP contribution in [0.15, 0.2) is 6.07 Å². The SMILES string of the molecule is CN1C2CCC1CN(S(=O)(=O)NC(=O)Nc1c3c(cc4c1CCC4)CCC3)C2.CN1C2CCC1CNC2. The number of benzene rings is 1. The molecule has 0 saturated carbocycles. The van der Waals surface area contributed by atoms with Gasteiger partial charge in [0.05, 0.1) is 0 Å². The molecule has 10 heteroatoms. The number of hydrogen-bond acceptors (Lipinski definition) is 6. The topological polar surface area (TPSA) is 97.0 Å². The number of fused-ring (bicyclic) bond motifs is 6. The van der Waals surface area contributed by atoms with E-state index in [9.17, 15) is 13.2 Å². The van der Waals surface area contributed by atoms with Crippen molar-refractivity contribution in [2.24, 2.45) is 0 Å². The average Bonchev–Trinajstić information content (AvgIpc) is 3.58. The Labute approximate surface area is 221 Å². The highest BCUT2D eigenvalue weighted by Crippen LogP contribution is 2.38. The monoisotopic (exact) mass is 530 g/mol. The van der Waals surface area contributed by atoms with Crippen molar-refractivity contribution in [2.45, 2.75) is 88.4 Å². The minimum Gasteiger partial charge on any atom is -0.314 e. The van der Waals surface area contributed by atoms with E-state index < -0.39 is 16.2 Å². The van der Waals surface area contributed by atoms with Gasteiger partial charge in [-0.25, -0.2) is 9.52 Å². The zero-order valence-electron chi connectivity index (χ0n) is 22.3. The fraction of sp³-hybridized carbons (Fsp3) is 0.741. The molecule has 2 amide bonds. The first-order valence-corrected chi connectivity index (χ1v) is 15.6. The highest BCUT2D eigenvalue weighted by molar-refractivity contribution is 7.87. The van der Waals surface area contributed by atoms with Crippen molar-refractivity contribution in [3.05, 3.63) is 28.3 Å². The third kappa shape index (κ3) is 4.91. The van der Waals surface area contributed by atoms with Crippen LogP contribution < -0.4 is 15.4 Å². The quantitative estimate of drug-likeness (QED) is 0.552. The van der Waals surface area contributed by atoms with Crippen molar-refractivity contribution in [3.63, 3.8) is 0 Å². The molecule has 0 aromatic heterocycles. The molecule has 1 aromatic rings. The zero-order chi connectivity index (χ0) is 25.7. The van der Waals surface area contributed by atoms with Gasteiger partial charge in [0.25, 0.3) is 0 Å². The lowest BCUT2D eigenvalue weighted by Crippen LogP contribution is -2.57. The fourth-order valence-electron chi connectivity index (χ4n) is 7.56. The molecule has 1 aromatic carbocycles. The second-order valence-corrected chi connectivity index (χ2v) is 13.5. The molecule has 2 aliphatic carbocycles. The number of likely N-dealkylation sites (N-methyl/N-ethyl adjacent to an activating group) is 2. The molecule has 4 heterocycles. The molecular formula is C27H42N6O3S. The minimum atomic E-state index is -3.84. The summed E-state index contributed by atoms with van der Waals surface area (Å²) in [7, 11) is 0.476. The lowest BCUT2D eigenvalue weighted by atomic mass is 9.99. The Morgan fingerprint density at radius 1 is 0.838 bits per heavy atom. The van der Waals surface area contributed by atoms with Crippen LogP contribution in [0.3, 0.4) is 0 Å². The van der Waals surface area contributed by atoms with Crippen LogP contribution in [0.25, 0.3) is 0 Å². The molecule has 4 unspecified atom stereocenters. The summed E-state index contributed by atoms with van der Waals surface area (Å²) in [5.41, 5.74) is 5.90. The number of anilines is 1. The van der Waals surface area contributed by atoms with E-state index in [0.29, 0.717) is 13.1 Å². The average molecular weight is 531 g/mol. The number of nitrogens with zero attached hydrogens (tertiary/aromatic N) is 3. The second-order valence-electron chi connectivity index (χ2n) is 11.9. The number of amides is 2. The van der Waals surface area contributed by atoms with Gasteiger partial charge < -0.3 is 10.6 Å². The van der Waals surface area contributed by atoms with Crippen LogP contribution >= 0.6 is 0 Å². The van der Waals surface area contributed by atoms with Crippen LogP contribution in [0.5, 0.6) is 0 Å². The van der Waals surface area contributed by atoms with Crippen LogP contribution in [-0.2, 0) is 35.9 Å². The third-order valence-electron chi connectivity index (χ3n) is 9.83. The number of hydrogen-bond donors (Lipinski definition) is 3. The molecule has 37 heavy (non-hydrogen) atoms. The van der Waals surface area contributed by atoms with Gasteiger partial charge in [0.2, 0.25) is 0 Å². The van der Waals surface area contributed by atoms with Crippen molar-refractivity contribution in [1.82, 2.24) is 24.1 Å². The maximum absolute atomic E-state index is 12.8. The summed E-state index contributed by atoms with van der Waals surface area (Å²) in [6.07, 6.45) is 11.0. The lowest BCUT2D eigenvalue weighted by Gasteiger charge is -2.37. The van der Waals surface area contributed by atoms with E-state index in [0.717, 1.165) is 69.1 Å². The number of carbonyl (C=O) groups excluding carboxylic acids is 1. The maximum Gasteiger partial charge on any atom is 0.333 e. The number of aryl methyl sites for hydroxylation is 2. The van der Waals surface area contributed by atoms with Gasteiger partial charge in [-0.2, -0.15) is 12.7 Å². The number of nitrogens with one attached hydrogen (secondary N) is 3. The van der Waals surface area contributed by atoms with Gasteiger partial charge in [0.15, 0.2) is 0 Å². The van der Waals surface area contributed by atoms with Crippen molar-refractivity contribution in [3.8, 4) is 0 Å². The van der Waals surface area contributed by atoms with E-state index in [1.54, 1.807) is 0 Å². The van der Waals surface area contributed by atoms with Crippen molar-refractivity contribution >= 4 is 21.9 Å². The van der Waals surface area contributed by atoms with Crippen LogP contribution in [0.4, 0.5) is 10.5 Å². The molecule has 9 nitrogen and oxygen atoms in total. The van der Waals surface area contributed by atoms with Gasteiger partial charge in [-0.1, -0.05) is 6.07 Å². The second kappa shape index (κ2) is 10.1. The summed E-state index contributed by atoms with van der Waals surface area (Å²) >= 11 is 0. The largest absolute Gasteiger partial charge is 0.333 e. The van der Waals surface area contributed by atoms with E-state index >= 15 is 0 Å². The van der Waals surface area contributed by atoms with Gasteiger partial charge >= 0.3 is 16.2 Å². The van der Waals surface area contributed by atoms with Gasteiger partial charge in [-0.3, -0.25) is 9.80 Å². The van der Waals surface area contributed by atoms with E-state index in [2.05, 4.69) is 45.3 Å². The molecule has 3 N–H and O–H groups in total. The van der Waals surface area contributed by atoms with Crippen LogP contribution in [0.1, 0.15) is 60.8 Å². The number of carbonyl (C=O) groups is 1. The molecule has 4 fully saturated rings. The first-order valence-electron chi connectivity index (χ1n) is 14.2. The summed E-state index contributed by atoms with van der Waals surface area (Å²) in [5.74, 6) is 0. The Hall–Kier alpha value is -1.72. The number of piperazine rings is 2. The smallest absolute Gasteiger partial charge is 0.314 e. The zero-order valence-corrected chi connectivity index (χ0v) is 23.1. The molecule has 4 atom stereocenters. The number of urea groups is 1. The van der Waals surface area contributed by atoms with E-state index in [-0.39, 0.29) is 12.1 Å². The predicted molar refractivity (Wildman–Crippen MR) is 145 cm³/mol. The molecule has 4 bridgehead atoms. The van der Waals surface area contributed by atoms with Gasteiger partial charge in [0, 0.05) is 56.0 Å². The predicted octanol–water partition coefficient (Wildman–Crippen LogP) is 1.86. The molecule has 0 radical (unpaired) electrons. The highest BCUT2D eigenvalue weighted by Gasteiger charge is 2.42. The van der Waals surface area contributed by atoms with Crippen molar-refractivity contribution in [1.29, 1.82) is 0 Å². The standard InChI is InChI=1S/C20H28N4O3S.C7H14N2/c1-23-15-8-9-16(23)12-24(11-15)28(26,27)22-20(25)21-19-17-6-2-4-13(17)10-14-5-3-7-18(14)19;1-9-6-2-3-7(9)5-8-4-6/h10,15-16H,2-9,11-12H2,1H3,(H2,21,22,25);6-8H,2-5H2,1H3. The van der Waals surface area contributed by atoms with E-state index in [1.165, 1.54) is 52.5 Å². The van der Waals surface area contributed by atoms with Crippen LogP contribution in [0, 0.1) is 0 Å². The van der Waals surface area contributed by atoms with Crippen molar-refractivity contribution < 1.29 is 13.2 Å². The fourth-order valence-corrected chi connectivity index (χ4v) is 8.71. The van der Waals surface area contributed by atoms with Gasteiger partial charge in [0.1, 0.15) is 0 Å². The summed E-state index contributed by atoms with van der Waals surface area (Å²) in [6, 6.07) is 3.86. The Morgan fingerprint density at radius 3 is 1.89 bits per heavy atom. The summed E-state index contributed by atoms with van der Waals surface area (Å²) in [5, 5.41) is 6.35. The van der Waals surface area contributed by atoms with Crippen LogP contribution in [0.2, 0.25) is 0 Å². The molecule has 204 valence electrons. The normalized spacial score (nSPS) is 31.0. The third-order valence-corrected chi connectivity index (χ3v) is 11.3. The van der Waals surface area contributed by atoms with Crippen LogP contribution in [-0.4, -0.2) is 93.0 Å². The lowest BCUT2D eigenvalue weighted by molar-refractivity contribution is 0.139. The Balaban J connectivity index is 0.000000235. The Bertz CT molecular complexity index is 1100. The summed E-state index contributed by atoms with van der Waals surface area (Å²) in [4.78, 5) is 17.5. The molecule has 6 aliphatic rings. The molecule has 0 spiro atoms. The highest BCUT2D eigenvalue weighted by atomic mass is 32.2. The van der Waals surface area contributed by atoms with Gasteiger partial charge in [-0.15, -0.1) is 0 Å². The Kier molecular flexibility index (Phi) is 6.98. The molecule has 7 rings (SSSR count). The van der Waals surface area contributed by atoms with E-state index in [1.807, 2.05) is 0 Å². The first-order chi connectivity index (χ1) is 17.8. The minimum absolute atomic E-state index is 0.249. The maximum atomic E-state index is 12.8. The van der Waals surface area contributed by atoms with Crippen molar-refractivity contribution in [2.75, 3.05) is 45.6 Å². The number of rotatable bonds is 3. The molecule has 4 saturated heterocycles. The Morgan fingerprint density at radius 2 is 1.35 bits per heavy atom. The molecular weight excluding hydrogens is 488 g/mol. The van der Waals surface area contributed by atoms with E-state index in [4.69, 9.17) is 0 Å². The van der Waals surface area contributed by atoms with Gasteiger partial charge in [-0.05, 0) is 101 Å². The first kappa shape index (κ1) is 25.6.